The van der Waals surface area contributed by atoms with Crippen molar-refractivity contribution in [1.29, 1.82) is 0 Å². The van der Waals surface area contributed by atoms with Crippen LogP contribution in [0.5, 0.6) is 11.5 Å². The third kappa shape index (κ3) is 5.56. The van der Waals surface area contributed by atoms with Crippen LogP contribution in [0.25, 0.3) is 0 Å². The van der Waals surface area contributed by atoms with Crippen LogP contribution in [0.15, 0.2) is 53.9 Å². The van der Waals surface area contributed by atoms with Crippen molar-refractivity contribution in [2.24, 2.45) is 5.73 Å². The van der Waals surface area contributed by atoms with Crippen LogP contribution in [0.3, 0.4) is 0 Å². The molecule has 3 aromatic rings. The zero-order valence-corrected chi connectivity index (χ0v) is 17.4. The van der Waals surface area contributed by atoms with E-state index in [1.807, 2.05) is 48.5 Å². The first-order valence-corrected chi connectivity index (χ1v) is 10.2. The van der Waals surface area contributed by atoms with Gasteiger partial charge in [0.25, 0.3) is 5.91 Å². The molecule has 29 heavy (non-hydrogen) atoms. The number of carbonyl (C=O) groups is 1. The summed E-state index contributed by atoms with van der Waals surface area (Å²) in [6.07, 6.45) is 1.31. The summed E-state index contributed by atoms with van der Waals surface area (Å²) in [5.41, 5.74) is 8.78. The van der Waals surface area contributed by atoms with Gasteiger partial charge in [-0.05, 0) is 42.2 Å². The number of nitrogens with one attached hydrogen (secondary N) is 1. The maximum Gasteiger partial charge on any atom is 0.270 e. The second-order valence-electron chi connectivity index (χ2n) is 6.55. The molecule has 0 saturated heterocycles. The van der Waals surface area contributed by atoms with Gasteiger partial charge in [0.15, 0.2) is 0 Å². The second kappa shape index (κ2) is 10.0. The molecule has 1 unspecified atom stereocenters. The van der Waals surface area contributed by atoms with E-state index in [2.05, 4.69) is 10.3 Å². The first-order chi connectivity index (χ1) is 14.1. The number of thiazole rings is 1. The van der Waals surface area contributed by atoms with E-state index >= 15 is 0 Å². The molecule has 0 bridgehead atoms. The molecular weight excluding hydrogens is 386 g/mol. The van der Waals surface area contributed by atoms with Gasteiger partial charge in [-0.2, -0.15) is 0 Å². The van der Waals surface area contributed by atoms with Crippen molar-refractivity contribution in [3.05, 3.63) is 75.7 Å². The summed E-state index contributed by atoms with van der Waals surface area (Å²) in [5, 5.41) is 5.42. The highest BCUT2D eigenvalue weighted by atomic mass is 32.1. The van der Waals surface area contributed by atoms with Gasteiger partial charge in [0.05, 0.1) is 20.3 Å². The zero-order valence-electron chi connectivity index (χ0n) is 16.6. The van der Waals surface area contributed by atoms with E-state index in [0.29, 0.717) is 25.1 Å². The molecule has 0 saturated carbocycles. The summed E-state index contributed by atoms with van der Waals surface area (Å²) >= 11 is 1.41. The standard InChI is InChI=1S/C22H25N3O3S/c1-27-17-8-9-20(28-2)16(13-17)10-11-24-21(26)19-14-29-22(25-19)18(23)12-15-6-4-3-5-7-15/h3-9,13-14,18H,10-12,23H2,1-2H3,(H,24,26). The Balaban J connectivity index is 1.55. The number of hydrogen-bond donors (Lipinski definition) is 2. The van der Waals surface area contributed by atoms with E-state index in [9.17, 15) is 4.79 Å². The third-order valence-electron chi connectivity index (χ3n) is 4.54. The summed E-state index contributed by atoms with van der Waals surface area (Å²) in [6, 6.07) is 15.4. The molecule has 3 rings (SSSR count). The highest BCUT2D eigenvalue weighted by molar-refractivity contribution is 7.09. The van der Waals surface area contributed by atoms with Crippen molar-refractivity contribution >= 4 is 17.2 Å². The number of rotatable bonds is 9. The molecule has 2 aromatic carbocycles. The lowest BCUT2D eigenvalue weighted by atomic mass is 10.1. The molecule has 1 atom stereocenters. The van der Waals surface area contributed by atoms with Crippen LogP contribution < -0.4 is 20.5 Å². The van der Waals surface area contributed by atoms with E-state index in [-0.39, 0.29) is 11.9 Å². The monoisotopic (exact) mass is 411 g/mol. The third-order valence-corrected chi connectivity index (χ3v) is 5.51. The Labute approximate surface area is 174 Å². The molecule has 1 aromatic heterocycles. The summed E-state index contributed by atoms with van der Waals surface area (Å²) < 4.78 is 10.6. The maximum atomic E-state index is 12.4. The second-order valence-corrected chi connectivity index (χ2v) is 7.44. The van der Waals surface area contributed by atoms with Gasteiger partial charge in [-0.1, -0.05) is 30.3 Å². The number of benzene rings is 2. The molecule has 6 nitrogen and oxygen atoms in total. The lowest BCUT2D eigenvalue weighted by molar-refractivity contribution is 0.0949. The average Bonchev–Trinajstić information content (AvgIpc) is 3.25. The SMILES string of the molecule is COc1ccc(OC)c(CCNC(=O)c2csc(C(N)Cc3ccccc3)n2)c1. The molecule has 1 heterocycles. The number of methoxy groups -OCH3 is 2. The van der Waals surface area contributed by atoms with Gasteiger partial charge < -0.3 is 20.5 Å². The first kappa shape index (κ1) is 20.8. The van der Waals surface area contributed by atoms with Crippen LogP contribution in [0.2, 0.25) is 0 Å². The minimum atomic E-state index is -0.231. The molecule has 7 heteroatoms. The van der Waals surface area contributed by atoms with Crippen LogP contribution in [-0.4, -0.2) is 31.7 Å². The minimum absolute atomic E-state index is 0.207. The summed E-state index contributed by atoms with van der Waals surface area (Å²) in [5.74, 6) is 1.31. The Hall–Kier alpha value is -2.90. The predicted molar refractivity (Wildman–Crippen MR) is 115 cm³/mol. The fraction of sp³-hybridized carbons (Fsp3) is 0.273. The quantitative estimate of drug-likeness (QED) is 0.564. The Kier molecular flexibility index (Phi) is 7.21. The van der Waals surface area contributed by atoms with E-state index in [1.54, 1.807) is 19.6 Å². The number of ether oxygens (including phenoxy) is 2. The van der Waals surface area contributed by atoms with Gasteiger partial charge in [0.2, 0.25) is 0 Å². The molecule has 3 N–H and O–H groups in total. The van der Waals surface area contributed by atoms with Crippen molar-refractivity contribution in [1.82, 2.24) is 10.3 Å². The molecule has 152 valence electrons. The van der Waals surface area contributed by atoms with Gasteiger partial charge in [-0.15, -0.1) is 11.3 Å². The van der Waals surface area contributed by atoms with Gasteiger partial charge >= 0.3 is 0 Å². The highest BCUT2D eigenvalue weighted by Crippen LogP contribution is 2.24. The number of amides is 1. The number of nitrogens with two attached hydrogens (primary N) is 1. The van der Waals surface area contributed by atoms with Gasteiger partial charge in [0, 0.05) is 11.9 Å². The smallest absolute Gasteiger partial charge is 0.270 e. The first-order valence-electron chi connectivity index (χ1n) is 9.34. The van der Waals surface area contributed by atoms with Crippen LogP contribution in [0, 0.1) is 0 Å². The normalized spacial score (nSPS) is 11.7. The van der Waals surface area contributed by atoms with Gasteiger partial charge in [-0.25, -0.2) is 4.98 Å². The van der Waals surface area contributed by atoms with Crippen LogP contribution in [0.1, 0.15) is 32.7 Å². The van der Waals surface area contributed by atoms with E-state index in [0.717, 1.165) is 27.6 Å². The number of hydrogen-bond acceptors (Lipinski definition) is 6. The Morgan fingerprint density at radius 1 is 1.17 bits per heavy atom. The topological polar surface area (TPSA) is 86.5 Å². The number of nitrogens with zero attached hydrogens (tertiary/aromatic N) is 1. The Morgan fingerprint density at radius 3 is 2.69 bits per heavy atom. The molecule has 0 spiro atoms. The summed E-state index contributed by atoms with van der Waals surface area (Å²) in [4.78, 5) is 16.9. The zero-order chi connectivity index (χ0) is 20.6. The molecular formula is C22H25N3O3S. The maximum absolute atomic E-state index is 12.4. The molecule has 0 fully saturated rings. The number of aromatic nitrogens is 1. The Bertz CT molecular complexity index is 943. The van der Waals surface area contributed by atoms with Crippen molar-refractivity contribution < 1.29 is 14.3 Å². The molecule has 1 amide bonds. The van der Waals surface area contributed by atoms with Crippen molar-refractivity contribution in [3.63, 3.8) is 0 Å². The van der Waals surface area contributed by atoms with Crippen LogP contribution in [-0.2, 0) is 12.8 Å². The van der Waals surface area contributed by atoms with Crippen LogP contribution in [0.4, 0.5) is 0 Å². The largest absolute Gasteiger partial charge is 0.497 e. The van der Waals surface area contributed by atoms with E-state index < -0.39 is 0 Å². The van der Waals surface area contributed by atoms with Gasteiger partial charge in [0.1, 0.15) is 22.2 Å². The van der Waals surface area contributed by atoms with Crippen molar-refractivity contribution in [3.8, 4) is 11.5 Å². The molecule has 0 aliphatic rings. The predicted octanol–water partition coefficient (Wildman–Crippen LogP) is 3.38. The van der Waals surface area contributed by atoms with Crippen LogP contribution >= 0.6 is 11.3 Å². The van der Waals surface area contributed by atoms with E-state index in [4.69, 9.17) is 15.2 Å². The summed E-state index contributed by atoms with van der Waals surface area (Å²) in [6.45, 7) is 0.464. The minimum Gasteiger partial charge on any atom is -0.497 e. The fourth-order valence-corrected chi connectivity index (χ4v) is 3.80. The molecule has 0 aliphatic heterocycles. The van der Waals surface area contributed by atoms with Gasteiger partial charge in [-0.3, -0.25) is 4.79 Å². The van der Waals surface area contributed by atoms with E-state index in [1.165, 1.54) is 11.3 Å². The Morgan fingerprint density at radius 2 is 1.97 bits per heavy atom. The summed E-state index contributed by atoms with van der Waals surface area (Å²) in [7, 11) is 3.25. The fourth-order valence-electron chi connectivity index (χ4n) is 3.00. The number of carbonyl (C=O) groups excluding carboxylic acids is 1. The lowest BCUT2D eigenvalue weighted by Gasteiger charge is -2.11. The molecule has 0 radical (unpaired) electrons. The van der Waals surface area contributed by atoms with Crippen molar-refractivity contribution in [2.75, 3.05) is 20.8 Å². The highest BCUT2D eigenvalue weighted by Gasteiger charge is 2.16. The van der Waals surface area contributed by atoms with Crippen molar-refractivity contribution in [2.45, 2.75) is 18.9 Å². The molecule has 0 aliphatic carbocycles. The lowest BCUT2D eigenvalue weighted by Crippen LogP contribution is -2.26. The average molecular weight is 412 g/mol.